The van der Waals surface area contributed by atoms with E-state index in [2.05, 4.69) is 46.5 Å². The van der Waals surface area contributed by atoms with Gasteiger partial charge in [-0.15, -0.1) is 0 Å². The first-order chi connectivity index (χ1) is 7.75. The summed E-state index contributed by atoms with van der Waals surface area (Å²) in [6, 6.07) is 8.42. The van der Waals surface area contributed by atoms with Crippen LogP contribution in [-0.4, -0.2) is 9.97 Å². The quantitative estimate of drug-likeness (QED) is 0.821. The van der Waals surface area contributed by atoms with Gasteiger partial charge in [-0.3, -0.25) is 0 Å². The molecule has 84 valence electrons. The fourth-order valence-electron chi connectivity index (χ4n) is 1.68. The summed E-state index contributed by atoms with van der Waals surface area (Å²) in [5, 5.41) is 3.38. The highest BCUT2D eigenvalue weighted by molar-refractivity contribution is 5.25. The van der Waals surface area contributed by atoms with Gasteiger partial charge in [-0.2, -0.15) is 0 Å². The molecule has 16 heavy (non-hydrogen) atoms. The van der Waals surface area contributed by atoms with E-state index in [9.17, 15) is 0 Å². The fourth-order valence-corrected chi connectivity index (χ4v) is 1.68. The largest absolute Gasteiger partial charge is 0.345 e. The molecular weight excluding hydrogens is 198 g/mol. The number of aryl methyl sites for hydroxylation is 2. The third kappa shape index (κ3) is 2.70. The molecule has 1 heterocycles. The van der Waals surface area contributed by atoms with Gasteiger partial charge >= 0.3 is 0 Å². The molecule has 2 rings (SSSR count). The highest BCUT2D eigenvalue weighted by Gasteiger charge is 1.98. The Balaban J connectivity index is 1.87. The number of hydrogen-bond donors (Lipinski definition) is 2. The Morgan fingerprint density at radius 2 is 2.00 bits per heavy atom. The minimum absolute atomic E-state index is 0.780. The second-order valence-electron chi connectivity index (χ2n) is 4.04. The molecule has 0 aliphatic heterocycles. The summed E-state index contributed by atoms with van der Waals surface area (Å²) in [5.74, 6) is 0.992. The van der Waals surface area contributed by atoms with Gasteiger partial charge < -0.3 is 10.3 Å². The van der Waals surface area contributed by atoms with Crippen LogP contribution in [0.25, 0.3) is 0 Å². The zero-order valence-electron chi connectivity index (χ0n) is 9.75. The molecule has 1 aromatic heterocycles. The molecule has 0 amide bonds. The topological polar surface area (TPSA) is 40.7 Å². The monoisotopic (exact) mass is 215 g/mol. The number of rotatable bonds is 4. The molecule has 0 spiro atoms. The highest BCUT2D eigenvalue weighted by Crippen LogP contribution is 2.06. The summed E-state index contributed by atoms with van der Waals surface area (Å²) in [4.78, 5) is 7.45. The van der Waals surface area contributed by atoms with Crippen molar-refractivity contribution in [3.8, 4) is 0 Å². The van der Waals surface area contributed by atoms with Gasteiger partial charge in [-0.05, 0) is 25.0 Å². The lowest BCUT2D eigenvalue weighted by molar-refractivity contribution is 0.666. The van der Waals surface area contributed by atoms with E-state index < -0.39 is 0 Å². The van der Waals surface area contributed by atoms with E-state index in [4.69, 9.17) is 0 Å². The zero-order chi connectivity index (χ0) is 11.4. The SMILES string of the molecule is Cc1cnc(CNCc2ccccc2C)[nH]1. The molecule has 0 atom stereocenters. The zero-order valence-corrected chi connectivity index (χ0v) is 9.75. The number of aromatic nitrogens is 2. The minimum atomic E-state index is 0.780. The Labute approximate surface area is 95.9 Å². The summed E-state index contributed by atoms with van der Waals surface area (Å²) in [7, 11) is 0. The van der Waals surface area contributed by atoms with E-state index in [-0.39, 0.29) is 0 Å². The van der Waals surface area contributed by atoms with E-state index in [1.165, 1.54) is 11.1 Å². The lowest BCUT2D eigenvalue weighted by atomic mass is 10.1. The standard InChI is InChI=1S/C13H17N3/c1-10-5-3-4-6-12(10)8-14-9-13-15-7-11(2)16-13/h3-7,14H,8-9H2,1-2H3,(H,15,16). The van der Waals surface area contributed by atoms with Crippen molar-refractivity contribution in [2.45, 2.75) is 26.9 Å². The lowest BCUT2D eigenvalue weighted by Crippen LogP contribution is -2.14. The van der Waals surface area contributed by atoms with Crippen LogP contribution in [0.5, 0.6) is 0 Å². The van der Waals surface area contributed by atoms with Crippen LogP contribution in [0.1, 0.15) is 22.6 Å². The number of aromatic amines is 1. The van der Waals surface area contributed by atoms with Gasteiger partial charge in [0.05, 0.1) is 6.54 Å². The second-order valence-corrected chi connectivity index (χ2v) is 4.04. The summed E-state index contributed by atoms with van der Waals surface area (Å²) in [6.07, 6.45) is 1.85. The first-order valence-electron chi connectivity index (χ1n) is 5.51. The highest BCUT2D eigenvalue weighted by atomic mass is 15.0. The maximum Gasteiger partial charge on any atom is 0.120 e. The Bertz CT molecular complexity index is 460. The van der Waals surface area contributed by atoms with Crippen molar-refractivity contribution in [3.05, 3.63) is 53.1 Å². The molecule has 0 saturated heterocycles. The van der Waals surface area contributed by atoms with Crippen LogP contribution in [0, 0.1) is 13.8 Å². The molecule has 0 aliphatic rings. The van der Waals surface area contributed by atoms with Crippen LogP contribution in [-0.2, 0) is 13.1 Å². The van der Waals surface area contributed by atoms with Gasteiger partial charge in [0.25, 0.3) is 0 Å². The number of H-pyrrole nitrogens is 1. The van der Waals surface area contributed by atoms with Crippen LogP contribution in [0.2, 0.25) is 0 Å². The van der Waals surface area contributed by atoms with Crippen molar-refractivity contribution in [3.63, 3.8) is 0 Å². The maximum absolute atomic E-state index is 4.25. The molecule has 1 aromatic carbocycles. The van der Waals surface area contributed by atoms with Crippen molar-refractivity contribution < 1.29 is 0 Å². The summed E-state index contributed by atoms with van der Waals surface area (Å²) < 4.78 is 0. The maximum atomic E-state index is 4.25. The first-order valence-corrected chi connectivity index (χ1v) is 5.51. The van der Waals surface area contributed by atoms with Gasteiger partial charge in [0.1, 0.15) is 5.82 Å². The summed E-state index contributed by atoms with van der Waals surface area (Å²) in [5.41, 5.74) is 3.77. The number of imidazole rings is 1. The normalized spacial score (nSPS) is 10.6. The molecule has 0 bridgehead atoms. The number of nitrogens with zero attached hydrogens (tertiary/aromatic N) is 1. The van der Waals surface area contributed by atoms with Gasteiger partial charge in [0.15, 0.2) is 0 Å². The van der Waals surface area contributed by atoms with Crippen molar-refractivity contribution in [1.82, 2.24) is 15.3 Å². The minimum Gasteiger partial charge on any atom is -0.345 e. The Kier molecular flexibility index (Phi) is 3.37. The average molecular weight is 215 g/mol. The van der Waals surface area contributed by atoms with Crippen LogP contribution in [0.3, 0.4) is 0 Å². The Morgan fingerprint density at radius 1 is 1.19 bits per heavy atom. The predicted octanol–water partition coefficient (Wildman–Crippen LogP) is 2.32. The molecule has 3 nitrogen and oxygen atoms in total. The summed E-state index contributed by atoms with van der Waals surface area (Å²) in [6.45, 7) is 5.81. The second kappa shape index (κ2) is 4.94. The predicted molar refractivity (Wildman–Crippen MR) is 65.0 cm³/mol. The van der Waals surface area contributed by atoms with Crippen LogP contribution in [0.4, 0.5) is 0 Å². The molecule has 2 aromatic rings. The molecular formula is C13H17N3. The van der Waals surface area contributed by atoms with E-state index in [0.29, 0.717) is 0 Å². The summed E-state index contributed by atoms with van der Waals surface area (Å²) >= 11 is 0. The third-order valence-electron chi connectivity index (χ3n) is 2.62. The number of nitrogens with one attached hydrogen (secondary N) is 2. The Hall–Kier alpha value is -1.61. The fraction of sp³-hybridized carbons (Fsp3) is 0.308. The molecule has 0 unspecified atom stereocenters. The van der Waals surface area contributed by atoms with Crippen molar-refractivity contribution >= 4 is 0 Å². The molecule has 0 fully saturated rings. The first kappa shape index (κ1) is 10.9. The molecule has 2 N–H and O–H groups in total. The van der Waals surface area contributed by atoms with Crippen LogP contribution in [0.15, 0.2) is 30.5 Å². The van der Waals surface area contributed by atoms with Gasteiger partial charge in [0, 0.05) is 18.4 Å². The van der Waals surface area contributed by atoms with E-state index >= 15 is 0 Å². The van der Waals surface area contributed by atoms with Gasteiger partial charge in [-0.1, -0.05) is 24.3 Å². The molecule has 0 radical (unpaired) electrons. The van der Waals surface area contributed by atoms with Crippen LogP contribution >= 0.6 is 0 Å². The molecule has 3 heteroatoms. The lowest BCUT2D eigenvalue weighted by Gasteiger charge is -2.06. The molecule has 0 aliphatic carbocycles. The van der Waals surface area contributed by atoms with E-state index in [0.717, 1.165) is 24.6 Å². The smallest absolute Gasteiger partial charge is 0.120 e. The van der Waals surface area contributed by atoms with Crippen molar-refractivity contribution in [2.24, 2.45) is 0 Å². The van der Waals surface area contributed by atoms with Crippen LogP contribution < -0.4 is 5.32 Å². The van der Waals surface area contributed by atoms with Gasteiger partial charge in [0.2, 0.25) is 0 Å². The molecule has 0 saturated carbocycles. The third-order valence-corrected chi connectivity index (χ3v) is 2.62. The van der Waals surface area contributed by atoms with E-state index in [1.807, 2.05) is 13.1 Å². The van der Waals surface area contributed by atoms with E-state index in [1.54, 1.807) is 0 Å². The van der Waals surface area contributed by atoms with Crippen molar-refractivity contribution in [2.75, 3.05) is 0 Å². The average Bonchev–Trinajstić information content (AvgIpc) is 2.67. The number of hydrogen-bond acceptors (Lipinski definition) is 2. The van der Waals surface area contributed by atoms with Gasteiger partial charge in [-0.25, -0.2) is 4.98 Å². The number of benzene rings is 1. The van der Waals surface area contributed by atoms with Crippen molar-refractivity contribution in [1.29, 1.82) is 0 Å². The Morgan fingerprint density at radius 3 is 2.69 bits per heavy atom.